The second-order valence-corrected chi connectivity index (χ2v) is 17.1. The van der Waals surface area contributed by atoms with E-state index in [0.29, 0.717) is 23.0 Å². The molecular weight excluding hydrogens is 645 g/mol. The summed E-state index contributed by atoms with van der Waals surface area (Å²) in [6, 6.07) is 45.0. The Balaban J connectivity index is 1.33. The van der Waals surface area contributed by atoms with E-state index in [0.717, 1.165) is 55.5 Å². The second kappa shape index (κ2) is 12.4. The van der Waals surface area contributed by atoms with Crippen LogP contribution in [0.4, 0.5) is 0 Å². The maximum Gasteiger partial charge on any atom is 0.164 e. The predicted octanol–water partition coefficient (Wildman–Crippen LogP) is 10.0. The van der Waals surface area contributed by atoms with Crippen LogP contribution in [0, 0.1) is 11.3 Å². The van der Waals surface area contributed by atoms with Gasteiger partial charge < -0.3 is 4.57 Å². The topological polar surface area (TPSA) is 92.4 Å². The van der Waals surface area contributed by atoms with Gasteiger partial charge in [-0.25, -0.2) is 15.0 Å². The van der Waals surface area contributed by atoms with Crippen LogP contribution in [-0.4, -0.2) is 33.3 Å². The van der Waals surface area contributed by atoms with Gasteiger partial charge in [0.2, 0.25) is 0 Å². The lowest BCUT2D eigenvalue weighted by molar-refractivity contribution is 0.588. The molecular formula is C44H34N5OP. The smallest absolute Gasteiger partial charge is 0.164 e. The zero-order valence-electron chi connectivity index (χ0n) is 28.8. The van der Waals surface area contributed by atoms with Crippen LogP contribution in [0.25, 0.3) is 67.7 Å². The van der Waals surface area contributed by atoms with Crippen LogP contribution in [0.3, 0.4) is 0 Å². The summed E-state index contributed by atoms with van der Waals surface area (Å²) in [6.07, 6.45) is 1.72. The monoisotopic (exact) mass is 679 g/mol. The van der Waals surface area contributed by atoms with Crippen molar-refractivity contribution in [1.29, 1.82) is 5.26 Å². The van der Waals surface area contributed by atoms with Gasteiger partial charge in [0.1, 0.15) is 7.14 Å². The van der Waals surface area contributed by atoms with E-state index in [-0.39, 0.29) is 5.41 Å². The Kier molecular flexibility index (Phi) is 7.82. The van der Waals surface area contributed by atoms with E-state index >= 15 is 0 Å². The number of pyridine rings is 1. The van der Waals surface area contributed by atoms with E-state index in [9.17, 15) is 9.83 Å². The SMILES string of the molecule is CC1(C)c2cc(C#N)ccc2-c2ccc(-c3cc(-c4ccc(P(C)(C)=O)cn4)cc(-c4nc(-c5ccccc5)nc(-c5ccccc5)n4)c3)cc21. The molecule has 0 atom stereocenters. The molecule has 0 saturated heterocycles. The summed E-state index contributed by atoms with van der Waals surface area (Å²) in [7, 11) is -2.47. The first kappa shape index (κ1) is 32.2. The standard InChI is InChI=1S/C44H34N5OP/c1-44(2)38-21-28(26-45)15-18-36(38)37-19-16-31(25-39(37)44)32-22-33(40-20-17-35(27-46-40)51(3,4)50)24-34(23-32)43-48-41(29-11-7-5-8-12-29)47-42(49-43)30-13-9-6-10-14-30/h5-25,27H,1-4H3. The molecule has 7 aromatic rings. The lowest BCUT2D eigenvalue weighted by Crippen LogP contribution is -2.15. The molecule has 0 radical (unpaired) electrons. The summed E-state index contributed by atoms with van der Waals surface area (Å²) in [5, 5.41) is 10.4. The van der Waals surface area contributed by atoms with E-state index in [1.54, 1.807) is 19.5 Å². The minimum atomic E-state index is -2.47. The Bertz CT molecular complexity index is 2490. The quantitative estimate of drug-likeness (QED) is 0.163. The van der Waals surface area contributed by atoms with Gasteiger partial charge in [0, 0.05) is 39.2 Å². The minimum absolute atomic E-state index is 0.289. The number of rotatable bonds is 6. The molecule has 0 fully saturated rings. The van der Waals surface area contributed by atoms with Gasteiger partial charge >= 0.3 is 0 Å². The number of nitrogens with zero attached hydrogens (tertiary/aromatic N) is 5. The van der Waals surface area contributed by atoms with Crippen molar-refractivity contribution in [3.63, 3.8) is 0 Å². The zero-order valence-corrected chi connectivity index (χ0v) is 29.7. The van der Waals surface area contributed by atoms with Crippen molar-refractivity contribution in [1.82, 2.24) is 19.9 Å². The summed E-state index contributed by atoms with van der Waals surface area (Å²) >= 11 is 0. The van der Waals surface area contributed by atoms with E-state index in [2.05, 4.69) is 62.4 Å². The van der Waals surface area contributed by atoms with Crippen LogP contribution in [0.1, 0.15) is 30.5 Å². The van der Waals surface area contributed by atoms with Gasteiger partial charge in [-0.2, -0.15) is 5.26 Å². The minimum Gasteiger partial charge on any atom is -0.319 e. The third kappa shape index (κ3) is 5.97. The lowest BCUT2D eigenvalue weighted by atomic mass is 9.81. The molecule has 0 unspecified atom stereocenters. The van der Waals surface area contributed by atoms with Crippen LogP contribution in [0.2, 0.25) is 0 Å². The van der Waals surface area contributed by atoms with Crippen LogP contribution in [0.15, 0.2) is 134 Å². The molecule has 0 aliphatic heterocycles. The molecule has 2 heterocycles. The number of hydrogen-bond acceptors (Lipinski definition) is 6. The summed E-state index contributed by atoms with van der Waals surface area (Å²) in [4.78, 5) is 19.8. The average molecular weight is 680 g/mol. The molecule has 0 spiro atoms. The predicted molar refractivity (Wildman–Crippen MR) is 206 cm³/mol. The summed E-state index contributed by atoms with van der Waals surface area (Å²) in [5.74, 6) is 1.72. The fourth-order valence-corrected chi connectivity index (χ4v) is 7.64. The van der Waals surface area contributed by atoms with E-state index in [1.807, 2.05) is 84.9 Å². The first-order chi connectivity index (χ1) is 24.6. The molecule has 0 bridgehead atoms. The average Bonchev–Trinajstić information content (AvgIpc) is 3.39. The molecule has 0 saturated carbocycles. The van der Waals surface area contributed by atoms with Crippen molar-refractivity contribution in [2.24, 2.45) is 0 Å². The third-order valence-electron chi connectivity index (χ3n) is 9.69. The van der Waals surface area contributed by atoms with Gasteiger partial charge in [-0.15, -0.1) is 0 Å². The molecule has 1 aliphatic rings. The highest BCUT2D eigenvalue weighted by Gasteiger charge is 2.36. The first-order valence-electron chi connectivity index (χ1n) is 16.8. The van der Waals surface area contributed by atoms with Gasteiger partial charge in [0.05, 0.1) is 17.3 Å². The molecule has 0 N–H and O–H groups in total. The molecule has 2 aromatic heterocycles. The summed E-state index contributed by atoms with van der Waals surface area (Å²) < 4.78 is 12.8. The van der Waals surface area contributed by atoms with Gasteiger partial charge in [-0.1, -0.05) is 92.7 Å². The van der Waals surface area contributed by atoms with Crippen molar-refractivity contribution in [2.45, 2.75) is 19.3 Å². The number of hydrogen-bond donors (Lipinski definition) is 0. The number of nitriles is 1. The zero-order chi connectivity index (χ0) is 35.3. The highest BCUT2D eigenvalue weighted by molar-refractivity contribution is 7.70. The molecule has 246 valence electrons. The summed E-state index contributed by atoms with van der Waals surface area (Å²) in [5.41, 5.74) is 11.4. The van der Waals surface area contributed by atoms with Crippen molar-refractivity contribution in [2.75, 3.05) is 13.3 Å². The number of benzene rings is 5. The Morgan fingerprint density at radius 1 is 0.569 bits per heavy atom. The van der Waals surface area contributed by atoms with E-state index in [4.69, 9.17) is 19.9 Å². The van der Waals surface area contributed by atoms with Gasteiger partial charge in [0.25, 0.3) is 0 Å². The number of fused-ring (bicyclic) bond motifs is 3. The maximum atomic E-state index is 12.8. The fraction of sp³-hybridized carbons (Fsp3) is 0.114. The highest BCUT2D eigenvalue weighted by Crippen LogP contribution is 2.50. The molecule has 8 rings (SSSR count). The highest BCUT2D eigenvalue weighted by atomic mass is 31.2. The molecule has 6 nitrogen and oxygen atoms in total. The van der Waals surface area contributed by atoms with Crippen LogP contribution >= 0.6 is 7.14 Å². The molecule has 7 heteroatoms. The number of aromatic nitrogens is 4. The van der Waals surface area contributed by atoms with Gasteiger partial charge in [-0.05, 0) is 95.2 Å². The Hall–Kier alpha value is -6.02. The Morgan fingerprint density at radius 3 is 1.69 bits per heavy atom. The Labute approximate surface area is 298 Å². The van der Waals surface area contributed by atoms with E-state index < -0.39 is 7.14 Å². The fourth-order valence-electron chi connectivity index (χ4n) is 6.87. The maximum absolute atomic E-state index is 12.8. The first-order valence-corrected chi connectivity index (χ1v) is 19.4. The molecule has 5 aromatic carbocycles. The van der Waals surface area contributed by atoms with Crippen LogP contribution in [-0.2, 0) is 9.98 Å². The van der Waals surface area contributed by atoms with Gasteiger partial charge in [0.15, 0.2) is 17.5 Å². The van der Waals surface area contributed by atoms with Crippen LogP contribution < -0.4 is 5.30 Å². The molecule has 0 amide bonds. The van der Waals surface area contributed by atoms with Crippen LogP contribution in [0.5, 0.6) is 0 Å². The third-order valence-corrected chi connectivity index (χ3v) is 11.2. The van der Waals surface area contributed by atoms with Gasteiger partial charge in [-0.3, -0.25) is 4.98 Å². The lowest BCUT2D eigenvalue weighted by Gasteiger charge is -2.22. The van der Waals surface area contributed by atoms with Crippen molar-refractivity contribution in [3.8, 4) is 73.7 Å². The van der Waals surface area contributed by atoms with Crippen molar-refractivity contribution < 1.29 is 4.57 Å². The molecule has 51 heavy (non-hydrogen) atoms. The van der Waals surface area contributed by atoms with Crippen molar-refractivity contribution in [3.05, 3.63) is 150 Å². The largest absolute Gasteiger partial charge is 0.319 e. The van der Waals surface area contributed by atoms with E-state index in [1.165, 1.54) is 11.1 Å². The Morgan fingerprint density at radius 2 is 1.12 bits per heavy atom. The molecule has 1 aliphatic carbocycles. The summed E-state index contributed by atoms with van der Waals surface area (Å²) in [6.45, 7) is 7.95. The normalized spacial score (nSPS) is 12.9. The van der Waals surface area contributed by atoms with Crippen molar-refractivity contribution >= 4 is 12.4 Å². The second-order valence-electron chi connectivity index (χ2n) is 13.8.